The van der Waals surface area contributed by atoms with Crippen molar-refractivity contribution in [1.82, 2.24) is 15.3 Å². The van der Waals surface area contributed by atoms with E-state index in [2.05, 4.69) is 20.2 Å². The fraction of sp³-hybridized carbons (Fsp3) is 0.438. The minimum atomic E-state index is -0.00563. The van der Waals surface area contributed by atoms with Crippen molar-refractivity contribution < 1.29 is 4.79 Å². The van der Waals surface area contributed by atoms with Gasteiger partial charge in [-0.15, -0.1) is 11.3 Å². The molecule has 2 aromatic rings. The fourth-order valence-corrected chi connectivity index (χ4v) is 3.18. The van der Waals surface area contributed by atoms with Crippen LogP contribution in [0.4, 0.5) is 5.82 Å². The van der Waals surface area contributed by atoms with Crippen molar-refractivity contribution >= 4 is 23.1 Å². The average molecular weight is 316 g/mol. The van der Waals surface area contributed by atoms with Crippen LogP contribution in [0.2, 0.25) is 0 Å². The van der Waals surface area contributed by atoms with Crippen LogP contribution in [0.1, 0.15) is 29.1 Å². The molecule has 2 aromatic heterocycles. The van der Waals surface area contributed by atoms with Crippen molar-refractivity contribution in [2.75, 3.05) is 18.0 Å². The van der Waals surface area contributed by atoms with Gasteiger partial charge in [0.1, 0.15) is 5.82 Å². The van der Waals surface area contributed by atoms with Crippen molar-refractivity contribution in [3.05, 3.63) is 40.0 Å². The van der Waals surface area contributed by atoms with Crippen molar-refractivity contribution in [2.45, 2.75) is 32.7 Å². The van der Waals surface area contributed by atoms with E-state index in [-0.39, 0.29) is 5.91 Å². The summed E-state index contributed by atoms with van der Waals surface area (Å²) >= 11 is 1.57. The van der Waals surface area contributed by atoms with Crippen LogP contribution in [-0.4, -0.2) is 29.0 Å². The highest BCUT2D eigenvalue weighted by atomic mass is 32.1. The van der Waals surface area contributed by atoms with Gasteiger partial charge in [0.25, 0.3) is 0 Å². The molecule has 116 valence electrons. The van der Waals surface area contributed by atoms with Crippen LogP contribution in [0, 0.1) is 6.92 Å². The van der Waals surface area contributed by atoms with Gasteiger partial charge >= 0.3 is 0 Å². The molecule has 5 nitrogen and oxygen atoms in total. The molecule has 1 aliphatic heterocycles. The first-order chi connectivity index (χ1) is 10.7. The molecule has 1 N–H and O–H groups in total. The Morgan fingerprint density at radius 3 is 2.82 bits per heavy atom. The Morgan fingerprint density at radius 2 is 2.18 bits per heavy atom. The Balaban J connectivity index is 1.49. The molecule has 0 atom stereocenters. The second kappa shape index (κ2) is 6.87. The van der Waals surface area contributed by atoms with Crippen LogP contribution < -0.4 is 10.2 Å². The molecular formula is C16H20N4OS. The highest BCUT2D eigenvalue weighted by molar-refractivity contribution is 7.09. The molecule has 22 heavy (non-hydrogen) atoms. The Hall–Kier alpha value is -1.95. The van der Waals surface area contributed by atoms with E-state index in [1.54, 1.807) is 11.3 Å². The van der Waals surface area contributed by atoms with Crippen molar-refractivity contribution in [3.63, 3.8) is 0 Å². The van der Waals surface area contributed by atoms with E-state index >= 15 is 0 Å². The molecule has 0 spiro atoms. The number of hydrogen-bond donors (Lipinski definition) is 1. The summed E-state index contributed by atoms with van der Waals surface area (Å²) < 4.78 is 0. The predicted molar refractivity (Wildman–Crippen MR) is 88.1 cm³/mol. The monoisotopic (exact) mass is 316 g/mol. The summed E-state index contributed by atoms with van der Waals surface area (Å²) in [6.45, 7) is 4.64. The van der Waals surface area contributed by atoms with Gasteiger partial charge in [0.05, 0.1) is 17.1 Å². The summed E-state index contributed by atoms with van der Waals surface area (Å²) in [6.07, 6.45) is 4.68. The van der Waals surface area contributed by atoms with Crippen molar-refractivity contribution in [2.24, 2.45) is 0 Å². The number of nitrogens with one attached hydrogen (secondary N) is 1. The maximum absolute atomic E-state index is 11.9. The number of carbonyl (C=O) groups excluding carboxylic acids is 1. The van der Waals surface area contributed by atoms with E-state index in [9.17, 15) is 4.79 Å². The first-order valence-electron chi connectivity index (χ1n) is 7.58. The molecule has 1 fully saturated rings. The van der Waals surface area contributed by atoms with Gasteiger partial charge in [0.2, 0.25) is 5.91 Å². The zero-order valence-corrected chi connectivity index (χ0v) is 13.5. The van der Waals surface area contributed by atoms with Gasteiger partial charge in [-0.05, 0) is 31.4 Å². The zero-order valence-electron chi connectivity index (χ0n) is 12.7. The fourth-order valence-electron chi connectivity index (χ4n) is 2.57. The maximum atomic E-state index is 11.9. The molecule has 1 aliphatic rings. The number of carbonyl (C=O) groups is 1. The molecule has 6 heteroatoms. The lowest BCUT2D eigenvalue weighted by Crippen LogP contribution is -2.25. The number of aryl methyl sites for hydroxylation is 1. The van der Waals surface area contributed by atoms with Crippen LogP contribution in [0.15, 0.2) is 23.7 Å². The standard InChI is InChI=1S/C16H20N4OS/c1-12-19-14(11-22-12)8-16(21)18-10-13-4-5-15(17-9-13)20-6-2-3-7-20/h4-5,9,11H,2-3,6-8,10H2,1H3,(H,18,21). The van der Waals surface area contributed by atoms with E-state index in [0.717, 1.165) is 35.2 Å². The first-order valence-corrected chi connectivity index (χ1v) is 8.46. The first kappa shape index (κ1) is 15.0. The van der Waals surface area contributed by atoms with E-state index in [0.29, 0.717) is 13.0 Å². The largest absolute Gasteiger partial charge is 0.357 e. The highest BCUT2D eigenvalue weighted by Gasteiger charge is 2.13. The molecule has 0 unspecified atom stereocenters. The Morgan fingerprint density at radius 1 is 1.36 bits per heavy atom. The SMILES string of the molecule is Cc1nc(CC(=O)NCc2ccc(N3CCCC3)nc2)cs1. The van der Waals surface area contributed by atoms with Crippen LogP contribution in [0.25, 0.3) is 0 Å². The number of amides is 1. The van der Waals surface area contributed by atoms with Gasteiger partial charge in [0, 0.05) is 31.2 Å². The lowest BCUT2D eigenvalue weighted by atomic mass is 10.2. The maximum Gasteiger partial charge on any atom is 0.226 e. The second-order valence-electron chi connectivity index (χ2n) is 5.53. The molecule has 1 saturated heterocycles. The van der Waals surface area contributed by atoms with Gasteiger partial charge in [-0.2, -0.15) is 0 Å². The Bertz CT molecular complexity index is 632. The van der Waals surface area contributed by atoms with Gasteiger partial charge in [-0.3, -0.25) is 4.79 Å². The zero-order chi connectivity index (χ0) is 15.4. The van der Waals surface area contributed by atoms with E-state index in [1.807, 2.05) is 30.6 Å². The van der Waals surface area contributed by atoms with Crippen molar-refractivity contribution in [1.29, 1.82) is 0 Å². The highest BCUT2D eigenvalue weighted by Crippen LogP contribution is 2.17. The van der Waals surface area contributed by atoms with Crippen LogP contribution in [0.3, 0.4) is 0 Å². The van der Waals surface area contributed by atoms with Gasteiger partial charge in [-0.25, -0.2) is 9.97 Å². The summed E-state index contributed by atoms with van der Waals surface area (Å²) in [5, 5.41) is 5.84. The third-order valence-electron chi connectivity index (χ3n) is 3.74. The predicted octanol–water partition coefficient (Wildman–Crippen LogP) is 2.31. The van der Waals surface area contributed by atoms with E-state index < -0.39 is 0 Å². The minimum Gasteiger partial charge on any atom is -0.357 e. The molecule has 0 saturated carbocycles. The number of aromatic nitrogens is 2. The van der Waals surface area contributed by atoms with Crippen LogP contribution >= 0.6 is 11.3 Å². The van der Waals surface area contributed by atoms with Gasteiger partial charge < -0.3 is 10.2 Å². The topological polar surface area (TPSA) is 58.1 Å². The molecule has 0 bridgehead atoms. The molecule has 0 radical (unpaired) electrons. The normalized spacial score (nSPS) is 14.3. The van der Waals surface area contributed by atoms with Gasteiger partial charge in [-0.1, -0.05) is 6.07 Å². The van der Waals surface area contributed by atoms with E-state index in [4.69, 9.17) is 0 Å². The smallest absolute Gasteiger partial charge is 0.226 e. The molecule has 0 aromatic carbocycles. The summed E-state index contributed by atoms with van der Waals surface area (Å²) in [7, 11) is 0. The average Bonchev–Trinajstić information content (AvgIpc) is 3.18. The van der Waals surface area contributed by atoms with Crippen LogP contribution in [0.5, 0.6) is 0 Å². The summed E-state index contributed by atoms with van der Waals surface area (Å²) in [4.78, 5) is 23.0. The number of hydrogen-bond acceptors (Lipinski definition) is 5. The number of thiazole rings is 1. The summed E-state index contributed by atoms with van der Waals surface area (Å²) in [5.74, 6) is 1.03. The summed E-state index contributed by atoms with van der Waals surface area (Å²) in [5.41, 5.74) is 1.85. The molecule has 0 aliphatic carbocycles. The lowest BCUT2D eigenvalue weighted by molar-refractivity contribution is -0.120. The Labute approximate surface area is 134 Å². The quantitative estimate of drug-likeness (QED) is 0.919. The third kappa shape index (κ3) is 3.82. The number of rotatable bonds is 5. The Kier molecular flexibility index (Phi) is 4.68. The number of nitrogens with zero attached hydrogens (tertiary/aromatic N) is 3. The number of pyridine rings is 1. The van der Waals surface area contributed by atoms with Crippen LogP contribution in [-0.2, 0) is 17.8 Å². The summed E-state index contributed by atoms with van der Waals surface area (Å²) in [6, 6.07) is 4.07. The molecule has 3 rings (SSSR count). The third-order valence-corrected chi connectivity index (χ3v) is 4.56. The second-order valence-corrected chi connectivity index (χ2v) is 6.59. The van der Waals surface area contributed by atoms with Gasteiger partial charge in [0.15, 0.2) is 0 Å². The molecular weight excluding hydrogens is 296 g/mol. The van der Waals surface area contributed by atoms with Crippen molar-refractivity contribution in [3.8, 4) is 0 Å². The molecule has 3 heterocycles. The number of anilines is 1. The minimum absolute atomic E-state index is 0.00563. The lowest BCUT2D eigenvalue weighted by Gasteiger charge is -2.16. The van der Waals surface area contributed by atoms with E-state index in [1.165, 1.54) is 12.8 Å². The molecule has 1 amide bonds.